The van der Waals surface area contributed by atoms with Gasteiger partial charge < -0.3 is 19.3 Å². The number of aromatic nitrogens is 1. The van der Waals surface area contributed by atoms with Crippen LogP contribution in [0.1, 0.15) is 29.7 Å². The number of fused-ring (bicyclic) bond motifs is 2. The number of ether oxygens (including phenoxy) is 3. The number of benzene rings is 3. The van der Waals surface area contributed by atoms with Crippen molar-refractivity contribution < 1.29 is 28.9 Å². The van der Waals surface area contributed by atoms with Crippen molar-refractivity contribution in [2.75, 3.05) is 18.6 Å². The Balaban J connectivity index is 1.52. The number of Topliss-reactive ketones (excluding diaryl/α,β-unsaturated/α-hetero) is 1. The average Bonchev–Trinajstić information content (AvgIpc) is 3.63. The van der Waals surface area contributed by atoms with Crippen LogP contribution in [0.15, 0.2) is 78.9 Å². The van der Waals surface area contributed by atoms with E-state index >= 15 is 0 Å². The number of nitrogens with zero attached hydrogens (tertiary/aromatic N) is 2. The highest BCUT2D eigenvalue weighted by molar-refractivity contribution is 7.22. The Morgan fingerprint density at radius 3 is 2.83 bits per heavy atom. The fourth-order valence-electron chi connectivity index (χ4n) is 5.12. The lowest BCUT2D eigenvalue weighted by molar-refractivity contribution is -0.132. The van der Waals surface area contributed by atoms with Crippen LogP contribution in [0.2, 0.25) is 0 Å². The number of aliphatic hydroxyl groups excluding tert-OH is 1. The summed E-state index contributed by atoms with van der Waals surface area (Å²) >= 11 is 1.27. The van der Waals surface area contributed by atoms with Gasteiger partial charge in [0.1, 0.15) is 35.7 Å². The second kappa shape index (κ2) is 10.2. The second-order valence-corrected chi connectivity index (χ2v) is 10.6. The molecule has 1 saturated heterocycles. The maximum atomic E-state index is 13.6. The summed E-state index contributed by atoms with van der Waals surface area (Å²) in [5.74, 6) is 0.130. The number of hydrogen-bond acceptors (Lipinski definition) is 8. The van der Waals surface area contributed by atoms with Crippen molar-refractivity contribution in [3.8, 4) is 17.2 Å². The number of carbonyl (C=O) groups is 2. The Morgan fingerprint density at radius 1 is 1.18 bits per heavy atom. The molecule has 3 aromatic carbocycles. The molecular weight excluding hydrogens is 528 g/mol. The van der Waals surface area contributed by atoms with Crippen LogP contribution in [-0.2, 0) is 16.0 Å². The van der Waals surface area contributed by atoms with E-state index < -0.39 is 17.7 Å². The van der Waals surface area contributed by atoms with Gasteiger partial charge in [0.2, 0.25) is 0 Å². The molecule has 2 aliphatic heterocycles. The predicted octanol–water partition coefficient (Wildman–Crippen LogP) is 5.82. The normalized spacial score (nSPS) is 19.5. The van der Waals surface area contributed by atoms with Gasteiger partial charge in [-0.3, -0.25) is 14.5 Å². The standard InChI is InChI=1S/C31H26N2O6S/c1-4-12-38-22-7-5-6-18(15-22)27-26(28(34)19-8-11-24-20(14-19)13-17(2)39-24)29(35)30(36)33(27)31-32-23-10-9-21(37-3)16-25(23)40-31/h4-11,14-17,27,34H,1,12-13H2,2-3H3/t17-,27-/m0/s1. The van der Waals surface area contributed by atoms with E-state index in [9.17, 15) is 14.7 Å². The van der Waals surface area contributed by atoms with Gasteiger partial charge in [0.25, 0.3) is 5.78 Å². The largest absolute Gasteiger partial charge is 0.507 e. The number of rotatable bonds is 7. The zero-order valence-electron chi connectivity index (χ0n) is 21.9. The highest BCUT2D eigenvalue weighted by Gasteiger charge is 2.48. The molecular formula is C31H26N2O6S. The lowest BCUT2D eigenvalue weighted by Crippen LogP contribution is -2.29. The number of aliphatic hydroxyl groups is 1. The van der Waals surface area contributed by atoms with E-state index in [0.29, 0.717) is 46.3 Å². The van der Waals surface area contributed by atoms with Crippen molar-refractivity contribution in [1.29, 1.82) is 0 Å². The van der Waals surface area contributed by atoms with Crippen molar-refractivity contribution in [2.45, 2.75) is 25.5 Å². The van der Waals surface area contributed by atoms with Crippen LogP contribution in [-0.4, -0.2) is 41.6 Å². The number of carbonyl (C=O) groups excluding carboxylic acids is 2. The fourth-order valence-corrected chi connectivity index (χ4v) is 6.14. The monoisotopic (exact) mass is 554 g/mol. The van der Waals surface area contributed by atoms with Crippen LogP contribution in [0.3, 0.4) is 0 Å². The van der Waals surface area contributed by atoms with Gasteiger partial charge in [-0.1, -0.05) is 36.1 Å². The summed E-state index contributed by atoms with van der Waals surface area (Å²) in [6, 6.07) is 16.9. The van der Waals surface area contributed by atoms with Gasteiger partial charge in [0.15, 0.2) is 5.13 Å². The Bertz CT molecular complexity index is 1710. The van der Waals surface area contributed by atoms with Crippen LogP contribution < -0.4 is 19.1 Å². The Hall–Kier alpha value is -4.63. The third-order valence-electron chi connectivity index (χ3n) is 6.95. The molecule has 1 aromatic heterocycles. The smallest absolute Gasteiger partial charge is 0.301 e. The molecule has 1 fully saturated rings. The molecule has 2 atom stereocenters. The van der Waals surface area contributed by atoms with E-state index in [-0.39, 0.29) is 17.4 Å². The first-order valence-corrected chi connectivity index (χ1v) is 13.6. The zero-order valence-corrected chi connectivity index (χ0v) is 22.7. The third-order valence-corrected chi connectivity index (χ3v) is 7.96. The number of methoxy groups -OCH3 is 1. The van der Waals surface area contributed by atoms with Gasteiger partial charge in [-0.15, -0.1) is 0 Å². The first kappa shape index (κ1) is 25.6. The SMILES string of the molecule is C=CCOc1cccc([C@H]2C(=C(O)c3ccc4c(c3)C[C@H](C)O4)C(=O)C(=O)N2c2nc3ccc(OC)cc3s2)c1. The van der Waals surface area contributed by atoms with E-state index in [1.807, 2.05) is 19.1 Å². The summed E-state index contributed by atoms with van der Waals surface area (Å²) in [5, 5.41) is 11.9. The van der Waals surface area contributed by atoms with Crippen molar-refractivity contribution in [2.24, 2.45) is 0 Å². The van der Waals surface area contributed by atoms with Gasteiger partial charge in [0, 0.05) is 12.0 Å². The van der Waals surface area contributed by atoms with Gasteiger partial charge >= 0.3 is 5.91 Å². The molecule has 0 spiro atoms. The molecule has 4 aromatic rings. The Morgan fingerprint density at radius 2 is 2.02 bits per heavy atom. The summed E-state index contributed by atoms with van der Waals surface area (Å²) in [5.41, 5.74) is 2.61. The van der Waals surface area contributed by atoms with Crippen LogP contribution in [0.5, 0.6) is 17.2 Å². The highest BCUT2D eigenvalue weighted by atomic mass is 32.1. The maximum absolute atomic E-state index is 13.6. The minimum absolute atomic E-state index is 0.0189. The molecule has 0 radical (unpaired) electrons. The van der Waals surface area contributed by atoms with Gasteiger partial charge in [-0.2, -0.15) is 0 Å². The van der Waals surface area contributed by atoms with E-state index in [2.05, 4.69) is 11.6 Å². The van der Waals surface area contributed by atoms with Crippen molar-refractivity contribution in [3.05, 3.63) is 95.6 Å². The lowest BCUT2D eigenvalue weighted by atomic mass is 9.94. The first-order chi connectivity index (χ1) is 19.4. The van der Waals surface area contributed by atoms with Crippen LogP contribution in [0, 0.1) is 0 Å². The highest BCUT2D eigenvalue weighted by Crippen LogP contribution is 2.45. The van der Waals surface area contributed by atoms with Crippen molar-refractivity contribution >= 4 is 44.1 Å². The summed E-state index contributed by atoms with van der Waals surface area (Å²) in [7, 11) is 1.58. The van der Waals surface area contributed by atoms with Gasteiger partial charge in [-0.25, -0.2) is 4.98 Å². The lowest BCUT2D eigenvalue weighted by Gasteiger charge is -2.23. The summed E-state index contributed by atoms with van der Waals surface area (Å²) in [6.45, 7) is 5.95. The van der Waals surface area contributed by atoms with Crippen LogP contribution >= 0.6 is 11.3 Å². The maximum Gasteiger partial charge on any atom is 0.301 e. The molecule has 0 saturated carbocycles. The molecule has 6 rings (SSSR count). The molecule has 40 heavy (non-hydrogen) atoms. The molecule has 1 amide bonds. The number of hydrogen-bond donors (Lipinski definition) is 1. The summed E-state index contributed by atoms with van der Waals surface area (Å²) < 4.78 is 17.7. The average molecular weight is 555 g/mol. The number of anilines is 1. The van der Waals surface area contributed by atoms with Gasteiger partial charge in [0.05, 0.1) is 28.9 Å². The molecule has 0 unspecified atom stereocenters. The Labute approximate surface area is 234 Å². The molecule has 2 aliphatic rings. The number of ketones is 1. The summed E-state index contributed by atoms with van der Waals surface area (Å²) in [6.07, 6.45) is 2.34. The fraction of sp³-hybridized carbons (Fsp3) is 0.194. The molecule has 1 N–H and O–H groups in total. The van der Waals surface area contributed by atoms with E-state index in [4.69, 9.17) is 14.2 Å². The minimum atomic E-state index is -0.932. The van der Waals surface area contributed by atoms with Gasteiger partial charge in [-0.05, 0) is 66.6 Å². The molecule has 9 heteroatoms. The molecule has 0 aliphatic carbocycles. The zero-order chi connectivity index (χ0) is 28.0. The molecule has 0 bridgehead atoms. The van der Waals surface area contributed by atoms with Crippen LogP contribution in [0.25, 0.3) is 16.0 Å². The van der Waals surface area contributed by atoms with E-state index in [1.54, 1.807) is 61.7 Å². The second-order valence-electron chi connectivity index (χ2n) is 9.63. The number of amides is 1. The molecule has 202 valence electrons. The quantitative estimate of drug-likeness (QED) is 0.133. The predicted molar refractivity (Wildman–Crippen MR) is 153 cm³/mol. The van der Waals surface area contributed by atoms with E-state index in [1.165, 1.54) is 16.2 Å². The molecule has 8 nitrogen and oxygen atoms in total. The van der Waals surface area contributed by atoms with Crippen LogP contribution in [0.4, 0.5) is 5.13 Å². The third kappa shape index (κ3) is 4.38. The topological polar surface area (TPSA) is 98.2 Å². The molecule has 3 heterocycles. The Kier molecular flexibility index (Phi) is 6.51. The summed E-state index contributed by atoms with van der Waals surface area (Å²) in [4.78, 5) is 33.3. The van der Waals surface area contributed by atoms with Crippen molar-refractivity contribution in [3.63, 3.8) is 0 Å². The minimum Gasteiger partial charge on any atom is -0.507 e. The number of thiazole rings is 1. The van der Waals surface area contributed by atoms with E-state index in [0.717, 1.165) is 16.0 Å². The first-order valence-electron chi connectivity index (χ1n) is 12.8. The van der Waals surface area contributed by atoms with Crippen molar-refractivity contribution in [1.82, 2.24) is 4.98 Å².